The predicted octanol–water partition coefficient (Wildman–Crippen LogP) is 4.15. The van der Waals surface area contributed by atoms with E-state index in [1.165, 1.54) is 0 Å². The molecule has 0 heterocycles. The lowest BCUT2D eigenvalue weighted by molar-refractivity contribution is 0.0400. The van der Waals surface area contributed by atoms with Gasteiger partial charge in [-0.15, -0.1) is 0 Å². The summed E-state index contributed by atoms with van der Waals surface area (Å²) in [5.74, 6) is -1.51. The van der Waals surface area contributed by atoms with Crippen LogP contribution in [0.25, 0.3) is 21.5 Å². The molecule has 0 fully saturated rings. The average Bonchev–Trinajstić information content (AvgIpc) is 2.67. The van der Waals surface area contributed by atoms with Crippen LogP contribution in [-0.4, -0.2) is 11.9 Å². The normalized spacial score (nSPS) is 10.8. The van der Waals surface area contributed by atoms with Crippen molar-refractivity contribution in [1.29, 1.82) is 0 Å². The van der Waals surface area contributed by atoms with Crippen LogP contribution in [0.3, 0.4) is 0 Å². The smallest absolute Gasteiger partial charge is 0.346 e. The molecule has 4 rings (SSSR count). The summed E-state index contributed by atoms with van der Waals surface area (Å²) < 4.78 is 5.16. The standard InChI is InChI=1S/C22H16N2O3/c23-17-11-3-7-13-5-1-9-15(19(13)17)21(25)27-22(26)16-10-2-6-14-8-4-12-18(24)20(14)16/h1-12H,23-24H2. The van der Waals surface area contributed by atoms with Crippen molar-refractivity contribution >= 4 is 44.9 Å². The lowest BCUT2D eigenvalue weighted by Gasteiger charge is -2.10. The minimum absolute atomic E-state index is 0.243. The third-order valence-electron chi connectivity index (χ3n) is 4.50. The van der Waals surface area contributed by atoms with Crippen molar-refractivity contribution in [1.82, 2.24) is 0 Å². The van der Waals surface area contributed by atoms with Gasteiger partial charge < -0.3 is 16.2 Å². The first-order chi connectivity index (χ1) is 13.1. The molecule has 5 nitrogen and oxygen atoms in total. The molecule has 0 spiro atoms. The number of carbonyl (C=O) groups is 2. The van der Waals surface area contributed by atoms with Gasteiger partial charge in [-0.2, -0.15) is 0 Å². The van der Waals surface area contributed by atoms with E-state index < -0.39 is 11.9 Å². The highest BCUT2D eigenvalue weighted by Gasteiger charge is 2.20. The molecule has 0 radical (unpaired) electrons. The van der Waals surface area contributed by atoms with E-state index >= 15 is 0 Å². The van der Waals surface area contributed by atoms with Crippen LogP contribution in [0.2, 0.25) is 0 Å². The predicted molar refractivity (Wildman–Crippen MR) is 106 cm³/mol. The van der Waals surface area contributed by atoms with Gasteiger partial charge in [0.25, 0.3) is 0 Å². The van der Waals surface area contributed by atoms with Crippen LogP contribution in [0.1, 0.15) is 20.7 Å². The molecule has 0 unspecified atom stereocenters. The zero-order valence-corrected chi connectivity index (χ0v) is 14.3. The van der Waals surface area contributed by atoms with E-state index in [9.17, 15) is 9.59 Å². The molecule has 0 bridgehead atoms. The van der Waals surface area contributed by atoms with Crippen LogP contribution in [0.15, 0.2) is 72.8 Å². The highest BCUT2D eigenvalue weighted by molar-refractivity contribution is 6.16. The van der Waals surface area contributed by atoms with Gasteiger partial charge in [0.1, 0.15) is 0 Å². The summed E-state index contributed by atoms with van der Waals surface area (Å²) in [6.07, 6.45) is 0. The molecule has 0 aliphatic heterocycles. The Kier molecular flexibility index (Phi) is 3.97. The van der Waals surface area contributed by atoms with Crippen LogP contribution in [0.5, 0.6) is 0 Å². The van der Waals surface area contributed by atoms with Crippen molar-refractivity contribution in [2.24, 2.45) is 0 Å². The maximum atomic E-state index is 12.7. The Hall–Kier alpha value is -3.86. The number of hydrogen-bond acceptors (Lipinski definition) is 5. The van der Waals surface area contributed by atoms with E-state index in [1.807, 2.05) is 24.3 Å². The summed E-state index contributed by atoms with van der Waals surface area (Å²) in [5.41, 5.74) is 13.4. The Morgan fingerprint density at radius 3 is 1.37 bits per heavy atom. The van der Waals surface area contributed by atoms with Gasteiger partial charge in [0.05, 0.1) is 11.1 Å². The Balaban J connectivity index is 1.74. The Morgan fingerprint density at radius 2 is 0.963 bits per heavy atom. The number of benzene rings is 4. The number of ether oxygens (including phenoxy) is 1. The fourth-order valence-electron chi connectivity index (χ4n) is 3.27. The lowest BCUT2D eigenvalue weighted by Crippen LogP contribution is -2.14. The number of rotatable bonds is 2. The molecule has 4 aromatic rings. The van der Waals surface area contributed by atoms with Crippen molar-refractivity contribution in [2.75, 3.05) is 11.5 Å². The topological polar surface area (TPSA) is 95.4 Å². The summed E-state index contributed by atoms with van der Waals surface area (Å²) in [5, 5.41) is 2.73. The molecule has 0 saturated heterocycles. The molecule has 0 aliphatic carbocycles. The van der Waals surface area contributed by atoms with E-state index in [0.29, 0.717) is 22.1 Å². The summed E-state index contributed by atoms with van der Waals surface area (Å²) in [6, 6.07) is 21.0. The molecule has 0 aromatic heterocycles. The molecule has 27 heavy (non-hydrogen) atoms. The first-order valence-electron chi connectivity index (χ1n) is 8.37. The van der Waals surface area contributed by atoms with Gasteiger partial charge in [0, 0.05) is 22.1 Å². The van der Waals surface area contributed by atoms with Gasteiger partial charge in [0.2, 0.25) is 0 Å². The molecule has 4 aromatic carbocycles. The Bertz CT molecular complexity index is 1110. The largest absolute Gasteiger partial charge is 0.398 e. The van der Waals surface area contributed by atoms with Crippen LogP contribution >= 0.6 is 0 Å². The number of esters is 2. The molecule has 132 valence electrons. The second kappa shape index (κ2) is 6.46. The molecule has 4 N–H and O–H groups in total. The molecule has 0 aliphatic rings. The number of fused-ring (bicyclic) bond motifs is 2. The van der Waals surface area contributed by atoms with Crippen molar-refractivity contribution in [3.05, 3.63) is 83.9 Å². The number of hydrogen-bond donors (Lipinski definition) is 2. The second-order valence-corrected chi connectivity index (χ2v) is 6.18. The average molecular weight is 356 g/mol. The number of nitrogens with two attached hydrogens (primary N) is 2. The van der Waals surface area contributed by atoms with Crippen molar-refractivity contribution in [2.45, 2.75) is 0 Å². The van der Waals surface area contributed by atoms with E-state index in [-0.39, 0.29) is 11.1 Å². The van der Waals surface area contributed by atoms with Gasteiger partial charge in [-0.25, -0.2) is 9.59 Å². The maximum absolute atomic E-state index is 12.7. The molecular formula is C22H16N2O3. The lowest BCUT2D eigenvalue weighted by atomic mass is 10.0. The molecule has 0 amide bonds. The quantitative estimate of drug-likeness (QED) is 0.319. The summed E-state index contributed by atoms with van der Waals surface area (Å²) >= 11 is 0. The van der Waals surface area contributed by atoms with E-state index in [0.717, 1.165) is 10.8 Å². The number of nitrogen functional groups attached to an aromatic ring is 2. The van der Waals surface area contributed by atoms with E-state index in [1.54, 1.807) is 48.5 Å². The highest BCUT2D eigenvalue weighted by Crippen LogP contribution is 2.28. The minimum atomic E-state index is -0.755. The van der Waals surface area contributed by atoms with Crippen molar-refractivity contribution in [3.63, 3.8) is 0 Å². The Labute approximate surface area is 155 Å². The van der Waals surface area contributed by atoms with Gasteiger partial charge in [-0.1, -0.05) is 48.5 Å². The fraction of sp³-hybridized carbons (Fsp3) is 0. The molecule has 5 heteroatoms. The van der Waals surface area contributed by atoms with Crippen LogP contribution in [0, 0.1) is 0 Å². The molecule has 0 saturated carbocycles. The third-order valence-corrected chi connectivity index (χ3v) is 4.50. The van der Waals surface area contributed by atoms with Crippen LogP contribution in [-0.2, 0) is 4.74 Å². The SMILES string of the molecule is Nc1cccc2cccc(C(=O)OC(=O)c3cccc4cccc(N)c34)c12. The van der Waals surface area contributed by atoms with Crippen LogP contribution in [0.4, 0.5) is 11.4 Å². The summed E-state index contributed by atoms with van der Waals surface area (Å²) in [4.78, 5) is 25.4. The Morgan fingerprint density at radius 1 is 0.593 bits per heavy atom. The first-order valence-corrected chi connectivity index (χ1v) is 8.37. The van der Waals surface area contributed by atoms with Gasteiger partial charge in [0.15, 0.2) is 0 Å². The highest BCUT2D eigenvalue weighted by atomic mass is 16.6. The maximum Gasteiger partial charge on any atom is 0.346 e. The van der Waals surface area contributed by atoms with Crippen molar-refractivity contribution < 1.29 is 14.3 Å². The van der Waals surface area contributed by atoms with Crippen LogP contribution < -0.4 is 11.5 Å². The zero-order chi connectivity index (χ0) is 19.0. The second-order valence-electron chi connectivity index (χ2n) is 6.18. The van der Waals surface area contributed by atoms with E-state index in [2.05, 4.69) is 0 Å². The van der Waals surface area contributed by atoms with Gasteiger partial charge in [-0.05, 0) is 35.0 Å². The first kappa shape index (κ1) is 16.6. The van der Waals surface area contributed by atoms with Gasteiger partial charge in [-0.3, -0.25) is 0 Å². The molecule has 0 atom stereocenters. The summed E-state index contributed by atoms with van der Waals surface area (Å²) in [6.45, 7) is 0. The third kappa shape index (κ3) is 2.85. The number of carbonyl (C=O) groups excluding carboxylic acids is 2. The summed E-state index contributed by atoms with van der Waals surface area (Å²) in [7, 11) is 0. The number of anilines is 2. The van der Waals surface area contributed by atoms with Crippen molar-refractivity contribution in [3.8, 4) is 0 Å². The molecular weight excluding hydrogens is 340 g/mol. The zero-order valence-electron chi connectivity index (χ0n) is 14.3. The fourth-order valence-corrected chi connectivity index (χ4v) is 3.27. The van der Waals surface area contributed by atoms with Gasteiger partial charge >= 0.3 is 11.9 Å². The monoisotopic (exact) mass is 356 g/mol. The van der Waals surface area contributed by atoms with E-state index in [4.69, 9.17) is 16.2 Å². The minimum Gasteiger partial charge on any atom is -0.398 e.